The molecule has 0 bridgehead atoms. The Morgan fingerprint density at radius 1 is 1.16 bits per heavy atom. The molecule has 0 aliphatic heterocycles. The zero-order valence-electron chi connectivity index (χ0n) is 15.2. The molecule has 0 saturated heterocycles. The van der Waals surface area contributed by atoms with Crippen molar-refractivity contribution in [1.82, 2.24) is 4.90 Å². The lowest BCUT2D eigenvalue weighted by Crippen LogP contribution is -2.33. The van der Waals surface area contributed by atoms with Crippen molar-refractivity contribution in [2.24, 2.45) is 0 Å². The van der Waals surface area contributed by atoms with E-state index < -0.39 is 0 Å². The largest absolute Gasteiger partial charge is 0.489 e. The molecule has 0 unspecified atom stereocenters. The van der Waals surface area contributed by atoms with Gasteiger partial charge in [-0.05, 0) is 51.1 Å². The van der Waals surface area contributed by atoms with Gasteiger partial charge in [0.2, 0.25) is 5.91 Å². The molecular weight excluding hydrogens is 319 g/mol. The monoisotopic (exact) mass is 344 g/mol. The van der Waals surface area contributed by atoms with Gasteiger partial charge in [0.25, 0.3) is 0 Å². The van der Waals surface area contributed by atoms with E-state index in [1.165, 1.54) is 11.6 Å². The number of anilines is 1. The van der Waals surface area contributed by atoms with Gasteiger partial charge in [0, 0.05) is 12.2 Å². The third kappa shape index (κ3) is 5.57. The number of para-hydroxylation sites is 1. The van der Waals surface area contributed by atoms with E-state index in [1.54, 1.807) is 18.2 Å². The summed E-state index contributed by atoms with van der Waals surface area (Å²) in [6.07, 6.45) is 0. The Bertz CT molecular complexity index is 723. The molecule has 5 heteroatoms. The standard InChI is InChI=1S/C20H25FN2O2/c1-14-11-15(2)20(16(3)12-14)22-19(24)13-23(4)9-10-25-18-8-6-5-7-17(18)21/h5-8,11-12H,9-10,13H2,1-4H3,(H,22,24). The summed E-state index contributed by atoms with van der Waals surface area (Å²) in [7, 11) is 1.83. The second-order valence-electron chi connectivity index (χ2n) is 6.34. The predicted molar refractivity (Wildman–Crippen MR) is 98.7 cm³/mol. The van der Waals surface area contributed by atoms with Gasteiger partial charge in [-0.25, -0.2) is 4.39 Å². The molecule has 0 aliphatic carbocycles. The number of amides is 1. The Hall–Kier alpha value is -2.40. The third-order valence-corrected chi connectivity index (χ3v) is 3.92. The smallest absolute Gasteiger partial charge is 0.238 e. The van der Waals surface area contributed by atoms with Gasteiger partial charge < -0.3 is 10.1 Å². The number of likely N-dealkylation sites (N-methyl/N-ethyl adjacent to an activating group) is 1. The van der Waals surface area contributed by atoms with Crippen LogP contribution in [0.15, 0.2) is 36.4 Å². The number of hydrogen-bond donors (Lipinski definition) is 1. The first-order valence-electron chi connectivity index (χ1n) is 8.30. The molecule has 2 rings (SSSR count). The Labute approximate surface area is 148 Å². The molecular formula is C20H25FN2O2. The van der Waals surface area contributed by atoms with Crippen molar-refractivity contribution >= 4 is 11.6 Å². The normalized spacial score (nSPS) is 10.8. The number of ether oxygens (including phenoxy) is 1. The van der Waals surface area contributed by atoms with Gasteiger partial charge in [-0.3, -0.25) is 9.69 Å². The summed E-state index contributed by atoms with van der Waals surface area (Å²) < 4.78 is 18.9. The zero-order chi connectivity index (χ0) is 18.4. The molecule has 0 saturated carbocycles. The lowest BCUT2D eigenvalue weighted by atomic mass is 10.1. The number of nitrogens with zero attached hydrogens (tertiary/aromatic N) is 1. The van der Waals surface area contributed by atoms with E-state index in [0.29, 0.717) is 13.2 Å². The molecule has 2 aromatic carbocycles. The van der Waals surface area contributed by atoms with Gasteiger partial charge in [0.1, 0.15) is 6.61 Å². The number of hydrogen-bond acceptors (Lipinski definition) is 3. The maximum atomic E-state index is 13.5. The Morgan fingerprint density at radius 3 is 2.44 bits per heavy atom. The average Bonchev–Trinajstić information content (AvgIpc) is 2.52. The summed E-state index contributed by atoms with van der Waals surface area (Å²) in [6, 6.07) is 10.4. The van der Waals surface area contributed by atoms with Crippen molar-refractivity contribution < 1.29 is 13.9 Å². The van der Waals surface area contributed by atoms with Crippen molar-refractivity contribution in [3.63, 3.8) is 0 Å². The second kappa shape index (κ2) is 8.62. The topological polar surface area (TPSA) is 41.6 Å². The Kier molecular flexibility index (Phi) is 6.53. The molecule has 4 nitrogen and oxygen atoms in total. The quantitative estimate of drug-likeness (QED) is 0.833. The van der Waals surface area contributed by atoms with Crippen molar-refractivity contribution in [1.29, 1.82) is 0 Å². The molecule has 25 heavy (non-hydrogen) atoms. The van der Waals surface area contributed by atoms with Crippen LogP contribution in [0.1, 0.15) is 16.7 Å². The average molecular weight is 344 g/mol. The lowest BCUT2D eigenvalue weighted by molar-refractivity contribution is -0.117. The highest BCUT2D eigenvalue weighted by Crippen LogP contribution is 2.21. The number of carbonyl (C=O) groups excluding carboxylic acids is 1. The van der Waals surface area contributed by atoms with E-state index in [0.717, 1.165) is 16.8 Å². The van der Waals surface area contributed by atoms with E-state index in [1.807, 2.05) is 32.7 Å². The molecule has 0 spiro atoms. The number of nitrogens with one attached hydrogen (secondary N) is 1. The van der Waals surface area contributed by atoms with Crippen LogP contribution >= 0.6 is 0 Å². The number of benzene rings is 2. The van der Waals surface area contributed by atoms with Gasteiger partial charge in [-0.2, -0.15) is 0 Å². The SMILES string of the molecule is Cc1cc(C)c(NC(=O)CN(C)CCOc2ccccc2F)c(C)c1. The lowest BCUT2D eigenvalue weighted by Gasteiger charge is -2.18. The van der Waals surface area contributed by atoms with Gasteiger partial charge in [-0.1, -0.05) is 29.8 Å². The molecule has 0 radical (unpaired) electrons. The van der Waals surface area contributed by atoms with Crippen LogP contribution in [-0.4, -0.2) is 37.6 Å². The fourth-order valence-electron chi connectivity index (χ4n) is 2.75. The van der Waals surface area contributed by atoms with Crippen LogP contribution in [0.2, 0.25) is 0 Å². The number of aryl methyl sites for hydroxylation is 3. The molecule has 1 amide bonds. The van der Waals surface area contributed by atoms with Crippen LogP contribution in [0.4, 0.5) is 10.1 Å². The summed E-state index contributed by atoms with van der Waals surface area (Å²) in [4.78, 5) is 14.1. The van der Waals surface area contributed by atoms with Crippen LogP contribution in [0.5, 0.6) is 5.75 Å². The summed E-state index contributed by atoms with van der Waals surface area (Å²) in [5, 5.41) is 2.97. The van der Waals surface area contributed by atoms with E-state index in [4.69, 9.17) is 4.74 Å². The molecule has 0 aliphatic rings. The minimum Gasteiger partial charge on any atom is -0.489 e. The first-order valence-corrected chi connectivity index (χ1v) is 8.30. The zero-order valence-corrected chi connectivity index (χ0v) is 15.2. The van der Waals surface area contributed by atoms with E-state index >= 15 is 0 Å². The van der Waals surface area contributed by atoms with Crippen molar-refractivity contribution in [3.8, 4) is 5.75 Å². The minimum absolute atomic E-state index is 0.0801. The van der Waals surface area contributed by atoms with Crippen LogP contribution in [-0.2, 0) is 4.79 Å². The highest BCUT2D eigenvalue weighted by atomic mass is 19.1. The maximum Gasteiger partial charge on any atom is 0.238 e. The van der Waals surface area contributed by atoms with Gasteiger partial charge in [0.05, 0.1) is 6.54 Å². The summed E-state index contributed by atoms with van der Waals surface area (Å²) in [5.74, 6) is -0.233. The van der Waals surface area contributed by atoms with Crippen molar-refractivity contribution in [2.45, 2.75) is 20.8 Å². The molecule has 134 valence electrons. The molecule has 0 fully saturated rings. The van der Waals surface area contributed by atoms with Gasteiger partial charge >= 0.3 is 0 Å². The summed E-state index contributed by atoms with van der Waals surface area (Å²) >= 11 is 0. The molecule has 0 aromatic heterocycles. The molecule has 0 heterocycles. The molecule has 1 N–H and O–H groups in total. The first kappa shape index (κ1) is 18.9. The van der Waals surface area contributed by atoms with Crippen LogP contribution in [0.3, 0.4) is 0 Å². The van der Waals surface area contributed by atoms with E-state index in [9.17, 15) is 9.18 Å². The van der Waals surface area contributed by atoms with Crippen molar-refractivity contribution in [3.05, 3.63) is 58.9 Å². The summed E-state index contributed by atoms with van der Waals surface area (Å²) in [5.41, 5.74) is 4.15. The Balaban J connectivity index is 1.81. The molecule has 2 aromatic rings. The summed E-state index contributed by atoms with van der Waals surface area (Å²) in [6.45, 7) is 7.09. The molecule has 0 atom stereocenters. The van der Waals surface area contributed by atoms with Crippen LogP contribution in [0, 0.1) is 26.6 Å². The Morgan fingerprint density at radius 2 is 1.80 bits per heavy atom. The highest BCUT2D eigenvalue weighted by Gasteiger charge is 2.11. The van der Waals surface area contributed by atoms with Gasteiger partial charge in [-0.15, -0.1) is 0 Å². The minimum atomic E-state index is -0.381. The fourth-order valence-corrected chi connectivity index (χ4v) is 2.75. The predicted octanol–water partition coefficient (Wildman–Crippen LogP) is 3.70. The van der Waals surface area contributed by atoms with E-state index in [2.05, 4.69) is 17.4 Å². The first-order chi connectivity index (χ1) is 11.9. The van der Waals surface area contributed by atoms with Crippen LogP contribution < -0.4 is 10.1 Å². The van der Waals surface area contributed by atoms with Crippen LogP contribution in [0.25, 0.3) is 0 Å². The van der Waals surface area contributed by atoms with Gasteiger partial charge in [0.15, 0.2) is 11.6 Å². The fraction of sp³-hybridized carbons (Fsp3) is 0.350. The highest BCUT2D eigenvalue weighted by molar-refractivity contribution is 5.93. The van der Waals surface area contributed by atoms with Crippen molar-refractivity contribution in [2.75, 3.05) is 32.1 Å². The number of carbonyl (C=O) groups is 1. The second-order valence-corrected chi connectivity index (χ2v) is 6.34. The maximum absolute atomic E-state index is 13.5. The number of rotatable bonds is 7. The number of halogens is 1. The van der Waals surface area contributed by atoms with E-state index in [-0.39, 0.29) is 24.0 Å². The third-order valence-electron chi connectivity index (χ3n) is 3.92.